The van der Waals surface area contributed by atoms with Gasteiger partial charge in [0, 0.05) is 11.8 Å². The van der Waals surface area contributed by atoms with Crippen molar-refractivity contribution in [3.63, 3.8) is 0 Å². The van der Waals surface area contributed by atoms with Gasteiger partial charge in [0.05, 0.1) is 24.0 Å². The van der Waals surface area contributed by atoms with Gasteiger partial charge in [-0.25, -0.2) is 4.39 Å². The van der Waals surface area contributed by atoms with Crippen LogP contribution in [-0.2, 0) is 13.2 Å². The number of anilines is 1. The Morgan fingerprint density at radius 1 is 1.16 bits per heavy atom. The number of aryl methyl sites for hydroxylation is 3. The molecule has 0 aliphatic heterocycles. The van der Waals surface area contributed by atoms with E-state index in [0.717, 1.165) is 5.56 Å². The molecule has 0 aliphatic rings. The van der Waals surface area contributed by atoms with Gasteiger partial charge in [0.25, 0.3) is 5.91 Å². The summed E-state index contributed by atoms with van der Waals surface area (Å²) in [6.07, 6.45) is 3.12. The molecule has 0 aliphatic carbocycles. The Labute approximate surface area is 184 Å². The van der Waals surface area contributed by atoms with Crippen LogP contribution in [0, 0.1) is 26.6 Å². The summed E-state index contributed by atoms with van der Waals surface area (Å²) >= 11 is 0. The molecule has 1 amide bonds. The van der Waals surface area contributed by atoms with Gasteiger partial charge in [-0.05, 0) is 50.1 Å². The van der Waals surface area contributed by atoms with Gasteiger partial charge in [-0.1, -0.05) is 29.4 Å². The number of ether oxygens (including phenoxy) is 1. The van der Waals surface area contributed by atoms with Crippen LogP contribution < -0.4 is 10.1 Å². The van der Waals surface area contributed by atoms with Crippen molar-refractivity contribution in [3.05, 3.63) is 94.4 Å². The Balaban J connectivity index is 1.43. The Bertz CT molecular complexity index is 1260. The summed E-state index contributed by atoms with van der Waals surface area (Å²) in [5, 5.41) is 10.8. The molecule has 4 aromatic rings. The number of carbonyl (C=O) groups excluding carboxylic acids is 1. The van der Waals surface area contributed by atoms with Crippen molar-refractivity contribution >= 4 is 11.6 Å². The molecule has 0 spiro atoms. The second-order valence-corrected chi connectivity index (χ2v) is 7.57. The molecule has 0 saturated carbocycles. The topological polar surface area (TPSA) is 82.2 Å². The minimum Gasteiger partial charge on any atom is -0.489 e. The van der Waals surface area contributed by atoms with Crippen LogP contribution in [0.25, 0.3) is 0 Å². The number of amides is 1. The van der Waals surface area contributed by atoms with Gasteiger partial charge < -0.3 is 14.6 Å². The van der Waals surface area contributed by atoms with Gasteiger partial charge >= 0.3 is 0 Å². The summed E-state index contributed by atoms with van der Waals surface area (Å²) in [6, 6.07) is 12.3. The minimum absolute atomic E-state index is 0.146. The summed E-state index contributed by atoms with van der Waals surface area (Å²) in [6.45, 7) is 6.17. The molecule has 2 aromatic heterocycles. The van der Waals surface area contributed by atoms with Crippen LogP contribution in [0.15, 0.2) is 59.4 Å². The van der Waals surface area contributed by atoms with Gasteiger partial charge in [-0.3, -0.25) is 9.48 Å². The number of nitrogens with one attached hydrogen (secondary N) is 1. The molecule has 1 N–H and O–H groups in total. The van der Waals surface area contributed by atoms with Crippen molar-refractivity contribution in [3.8, 4) is 5.75 Å². The lowest BCUT2D eigenvalue weighted by atomic mass is 10.1. The number of nitrogens with zero attached hydrogens (tertiary/aromatic N) is 3. The molecular formula is C24H23FN4O3. The summed E-state index contributed by atoms with van der Waals surface area (Å²) in [5.74, 6) is 0.467. The highest BCUT2D eigenvalue weighted by Gasteiger charge is 2.21. The Kier molecular flexibility index (Phi) is 6.02. The van der Waals surface area contributed by atoms with Gasteiger partial charge in [0.1, 0.15) is 23.9 Å². The fourth-order valence-electron chi connectivity index (χ4n) is 3.20. The minimum atomic E-state index is -0.439. The zero-order valence-corrected chi connectivity index (χ0v) is 18.1. The molecule has 7 nitrogen and oxygen atoms in total. The van der Waals surface area contributed by atoms with E-state index >= 15 is 0 Å². The average Bonchev–Trinajstić information content (AvgIpc) is 3.36. The van der Waals surface area contributed by atoms with E-state index < -0.39 is 5.91 Å². The maximum Gasteiger partial charge on any atom is 0.278 e. The fourth-order valence-corrected chi connectivity index (χ4v) is 3.20. The first-order valence-corrected chi connectivity index (χ1v) is 10.1. The molecule has 8 heteroatoms. The summed E-state index contributed by atoms with van der Waals surface area (Å²) in [5.41, 5.74) is 3.98. The molecule has 32 heavy (non-hydrogen) atoms. The number of hydrogen-bond acceptors (Lipinski definition) is 5. The predicted molar refractivity (Wildman–Crippen MR) is 117 cm³/mol. The molecule has 164 valence electrons. The van der Waals surface area contributed by atoms with Gasteiger partial charge in [-0.2, -0.15) is 5.10 Å². The van der Waals surface area contributed by atoms with Crippen molar-refractivity contribution in [1.29, 1.82) is 0 Å². The maximum atomic E-state index is 13.9. The van der Waals surface area contributed by atoms with Crippen molar-refractivity contribution in [2.24, 2.45) is 0 Å². The summed E-state index contributed by atoms with van der Waals surface area (Å²) in [4.78, 5) is 12.8. The first kappa shape index (κ1) is 21.3. The lowest BCUT2D eigenvalue weighted by Gasteiger charge is -2.08. The van der Waals surface area contributed by atoms with Gasteiger partial charge in [0.2, 0.25) is 0 Å². The fraction of sp³-hybridized carbons (Fsp3) is 0.208. The zero-order chi connectivity index (χ0) is 22.7. The first-order valence-electron chi connectivity index (χ1n) is 10.1. The van der Waals surface area contributed by atoms with Crippen LogP contribution in [0.5, 0.6) is 5.75 Å². The molecule has 2 aromatic carbocycles. The molecule has 0 saturated heterocycles. The molecule has 4 rings (SSSR count). The van der Waals surface area contributed by atoms with E-state index in [9.17, 15) is 9.18 Å². The molecule has 0 fully saturated rings. The third kappa shape index (κ3) is 4.69. The van der Waals surface area contributed by atoms with E-state index in [1.807, 2.05) is 32.0 Å². The van der Waals surface area contributed by atoms with Crippen molar-refractivity contribution in [1.82, 2.24) is 14.9 Å². The summed E-state index contributed by atoms with van der Waals surface area (Å²) in [7, 11) is 0. The standard InChI is InChI=1S/C24H23FN4O3/c1-15-8-9-20(10-16(15)2)31-14-21-17(3)32-28-23(21)24(30)27-19-11-26-29(13-19)12-18-6-4-5-7-22(18)25/h4-11,13H,12,14H2,1-3H3,(H,27,30). The van der Waals surface area contributed by atoms with E-state index in [-0.39, 0.29) is 24.7 Å². The number of aromatic nitrogens is 3. The molecule has 0 atom stereocenters. The number of carbonyl (C=O) groups is 1. The smallest absolute Gasteiger partial charge is 0.278 e. The molecular weight excluding hydrogens is 411 g/mol. The Morgan fingerprint density at radius 3 is 2.75 bits per heavy atom. The average molecular weight is 434 g/mol. The summed E-state index contributed by atoms with van der Waals surface area (Å²) < 4.78 is 26.5. The van der Waals surface area contributed by atoms with Crippen LogP contribution >= 0.6 is 0 Å². The monoisotopic (exact) mass is 434 g/mol. The van der Waals surface area contributed by atoms with Crippen LogP contribution in [0.1, 0.15) is 38.5 Å². The third-order valence-electron chi connectivity index (χ3n) is 5.24. The lowest BCUT2D eigenvalue weighted by molar-refractivity contribution is 0.101. The maximum absolute atomic E-state index is 13.9. The quantitative estimate of drug-likeness (QED) is 0.451. The number of hydrogen-bond donors (Lipinski definition) is 1. The van der Waals surface area contributed by atoms with E-state index in [1.54, 1.807) is 36.0 Å². The van der Waals surface area contributed by atoms with Gasteiger partial charge in [-0.15, -0.1) is 0 Å². The lowest BCUT2D eigenvalue weighted by Crippen LogP contribution is -2.15. The van der Waals surface area contributed by atoms with Crippen LogP contribution in [0.4, 0.5) is 10.1 Å². The van der Waals surface area contributed by atoms with Crippen LogP contribution in [-0.4, -0.2) is 20.8 Å². The number of halogens is 1. The predicted octanol–water partition coefficient (Wildman–Crippen LogP) is 4.82. The van der Waals surface area contributed by atoms with Crippen molar-refractivity contribution in [2.75, 3.05) is 5.32 Å². The van der Waals surface area contributed by atoms with E-state index in [2.05, 4.69) is 15.6 Å². The Hall–Kier alpha value is -3.94. The van der Waals surface area contributed by atoms with Crippen LogP contribution in [0.3, 0.4) is 0 Å². The number of benzene rings is 2. The van der Waals surface area contributed by atoms with Crippen LogP contribution in [0.2, 0.25) is 0 Å². The van der Waals surface area contributed by atoms with E-state index in [4.69, 9.17) is 9.26 Å². The first-order chi connectivity index (χ1) is 15.4. The molecule has 0 bridgehead atoms. The van der Waals surface area contributed by atoms with E-state index in [1.165, 1.54) is 17.8 Å². The highest BCUT2D eigenvalue weighted by Crippen LogP contribution is 2.21. The zero-order valence-electron chi connectivity index (χ0n) is 18.1. The normalized spacial score (nSPS) is 10.9. The highest BCUT2D eigenvalue weighted by atomic mass is 19.1. The molecule has 0 radical (unpaired) electrons. The highest BCUT2D eigenvalue weighted by molar-refractivity contribution is 6.03. The molecule has 2 heterocycles. The second-order valence-electron chi connectivity index (χ2n) is 7.57. The third-order valence-corrected chi connectivity index (χ3v) is 5.24. The van der Waals surface area contributed by atoms with Gasteiger partial charge in [0.15, 0.2) is 5.69 Å². The second kappa shape index (κ2) is 9.05. The molecule has 0 unspecified atom stereocenters. The number of rotatable bonds is 7. The van der Waals surface area contributed by atoms with Crippen molar-refractivity contribution in [2.45, 2.75) is 33.9 Å². The Morgan fingerprint density at radius 2 is 1.97 bits per heavy atom. The largest absolute Gasteiger partial charge is 0.489 e. The van der Waals surface area contributed by atoms with Crippen molar-refractivity contribution < 1.29 is 18.4 Å². The van der Waals surface area contributed by atoms with E-state index in [0.29, 0.717) is 28.3 Å². The SMILES string of the molecule is Cc1ccc(OCc2c(C(=O)Nc3cnn(Cc4ccccc4F)c3)noc2C)cc1C.